The largest absolute Gasteiger partial charge is 0.434 e. The standard InChI is InChI=1S/C26H33ClF5N3O6S/c1-5-35-21(16-7-6-14(10-17(16)41-23(28)29)12-24(2,3)26(30,31)32)19(27)20(34-35)22(37)33-13-25(38)9-8-15(11-18(25)36)42(4,39)40/h6-7,10,15,18,23,36,38H,5,8-9,11-13H2,1-4H3,(H,33,37). The first-order chi connectivity index (χ1) is 19.2. The van der Waals surface area contributed by atoms with Crippen molar-refractivity contribution in [3.63, 3.8) is 0 Å². The van der Waals surface area contributed by atoms with Gasteiger partial charge in [-0.1, -0.05) is 31.5 Å². The average molecular weight is 646 g/mol. The van der Waals surface area contributed by atoms with Gasteiger partial charge in [0, 0.05) is 24.9 Å². The first kappa shape index (κ1) is 34.0. The van der Waals surface area contributed by atoms with E-state index in [0.717, 1.165) is 26.2 Å². The summed E-state index contributed by atoms with van der Waals surface area (Å²) in [7, 11) is -3.45. The molecule has 0 saturated heterocycles. The fraction of sp³-hybridized carbons (Fsp3) is 0.615. The molecule has 1 amide bonds. The Labute approximate surface area is 244 Å². The summed E-state index contributed by atoms with van der Waals surface area (Å²) in [6.07, 6.45) is -5.75. The van der Waals surface area contributed by atoms with Gasteiger partial charge < -0.3 is 20.3 Å². The van der Waals surface area contributed by atoms with Crippen LogP contribution in [0.1, 0.15) is 56.1 Å². The van der Waals surface area contributed by atoms with E-state index in [1.807, 2.05) is 0 Å². The monoisotopic (exact) mass is 645 g/mol. The Bertz CT molecular complexity index is 1420. The molecule has 42 heavy (non-hydrogen) atoms. The van der Waals surface area contributed by atoms with Crippen molar-refractivity contribution in [2.45, 2.75) is 82.7 Å². The van der Waals surface area contributed by atoms with Crippen molar-refractivity contribution in [1.29, 1.82) is 0 Å². The highest BCUT2D eigenvalue weighted by Gasteiger charge is 2.47. The molecule has 3 unspecified atom stereocenters. The Morgan fingerprint density at radius 2 is 1.95 bits per heavy atom. The molecule has 0 spiro atoms. The molecule has 1 aliphatic carbocycles. The van der Waals surface area contributed by atoms with Gasteiger partial charge in [0.1, 0.15) is 21.2 Å². The number of aliphatic hydroxyl groups is 2. The number of nitrogens with one attached hydrogen (secondary N) is 1. The second-order valence-electron chi connectivity index (χ2n) is 11.1. The SMILES string of the molecule is CCn1nc(C(=O)NCC2(O)CCC(S(C)(=O)=O)CC2O)c(Cl)c1-c1ccc(CC(C)(C)C(F)(F)F)cc1OC(F)F. The number of halogens is 6. The molecule has 236 valence electrons. The molecule has 2 aromatic rings. The molecular weight excluding hydrogens is 613 g/mol. The van der Waals surface area contributed by atoms with E-state index >= 15 is 0 Å². The van der Waals surface area contributed by atoms with Crippen LogP contribution in [0.15, 0.2) is 18.2 Å². The Kier molecular flexibility index (Phi) is 9.92. The number of aliphatic hydroxyl groups excluding tert-OH is 1. The topological polar surface area (TPSA) is 131 Å². The molecule has 3 atom stereocenters. The summed E-state index contributed by atoms with van der Waals surface area (Å²) < 4.78 is 96.4. The summed E-state index contributed by atoms with van der Waals surface area (Å²) in [4.78, 5) is 13.0. The lowest BCUT2D eigenvalue weighted by Crippen LogP contribution is -2.56. The van der Waals surface area contributed by atoms with E-state index in [-0.39, 0.29) is 53.3 Å². The van der Waals surface area contributed by atoms with Crippen LogP contribution in [0.2, 0.25) is 5.02 Å². The molecule has 0 bridgehead atoms. The number of rotatable bonds is 10. The Balaban J connectivity index is 1.91. The van der Waals surface area contributed by atoms with Gasteiger partial charge in [-0.05, 0) is 50.3 Å². The van der Waals surface area contributed by atoms with Gasteiger partial charge in [-0.3, -0.25) is 9.48 Å². The van der Waals surface area contributed by atoms with Crippen molar-refractivity contribution in [1.82, 2.24) is 15.1 Å². The number of aryl methyl sites for hydroxylation is 1. The van der Waals surface area contributed by atoms with Gasteiger partial charge in [-0.15, -0.1) is 0 Å². The second-order valence-corrected chi connectivity index (χ2v) is 13.8. The maximum absolute atomic E-state index is 13.4. The van der Waals surface area contributed by atoms with E-state index in [4.69, 9.17) is 11.6 Å². The third-order valence-electron chi connectivity index (χ3n) is 7.51. The van der Waals surface area contributed by atoms with Gasteiger partial charge in [-0.25, -0.2) is 8.42 Å². The van der Waals surface area contributed by atoms with E-state index in [0.29, 0.717) is 0 Å². The van der Waals surface area contributed by atoms with Crippen molar-refractivity contribution in [2.75, 3.05) is 12.8 Å². The fourth-order valence-electron chi connectivity index (χ4n) is 4.82. The number of nitrogens with zero attached hydrogens (tertiary/aromatic N) is 2. The summed E-state index contributed by atoms with van der Waals surface area (Å²) >= 11 is 6.49. The Morgan fingerprint density at radius 3 is 2.48 bits per heavy atom. The first-order valence-corrected chi connectivity index (χ1v) is 15.3. The van der Waals surface area contributed by atoms with Crippen molar-refractivity contribution in [2.24, 2.45) is 5.41 Å². The van der Waals surface area contributed by atoms with Crippen LogP contribution in [0.4, 0.5) is 22.0 Å². The molecule has 0 aliphatic heterocycles. The molecule has 1 saturated carbocycles. The maximum Gasteiger partial charge on any atom is 0.394 e. The third kappa shape index (κ3) is 7.34. The molecular formula is C26H33ClF5N3O6S. The molecule has 1 aromatic carbocycles. The number of aromatic nitrogens is 2. The van der Waals surface area contributed by atoms with Crippen LogP contribution in [0.3, 0.4) is 0 Å². The predicted octanol–water partition coefficient (Wildman–Crippen LogP) is 4.37. The van der Waals surface area contributed by atoms with Crippen molar-refractivity contribution in [3.8, 4) is 17.0 Å². The number of hydrogen-bond acceptors (Lipinski definition) is 7. The van der Waals surface area contributed by atoms with Gasteiger partial charge in [0.25, 0.3) is 5.91 Å². The summed E-state index contributed by atoms with van der Waals surface area (Å²) in [6.45, 7) is -0.0854. The van der Waals surface area contributed by atoms with E-state index in [1.54, 1.807) is 6.92 Å². The van der Waals surface area contributed by atoms with Crippen LogP contribution < -0.4 is 10.1 Å². The number of amides is 1. The molecule has 9 nitrogen and oxygen atoms in total. The second kappa shape index (κ2) is 12.2. The zero-order valence-corrected chi connectivity index (χ0v) is 24.9. The number of benzene rings is 1. The lowest BCUT2D eigenvalue weighted by atomic mass is 9.82. The van der Waals surface area contributed by atoms with Crippen molar-refractivity contribution in [3.05, 3.63) is 34.5 Å². The fourth-order valence-corrected chi connectivity index (χ4v) is 6.22. The summed E-state index contributed by atoms with van der Waals surface area (Å²) in [5.74, 6) is -1.34. The van der Waals surface area contributed by atoms with E-state index in [9.17, 15) is 45.4 Å². The van der Waals surface area contributed by atoms with Gasteiger partial charge in [0.2, 0.25) is 0 Å². The van der Waals surface area contributed by atoms with Crippen LogP contribution in [0, 0.1) is 5.41 Å². The minimum absolute atomic E-state index is 0.00555. The summed E-state index contributed by atoms with van der Waals surface area (Å²) in [5.41, 5.74) is -4.30. The van der Waals surface area contributed by atoms with Gasteiger partial charge in [0.05, 0.1) is 27.5 Å². The average Bonchev–Trinajstić information content (AvgIpc) is 3.18. The number of ether oxygens (including phenoxy) is 1. The molecule has 16 heteroatoms. The summed E-state index contributed by atoms with van der Waals surface area (Å²) in [6, 6.07) is 3.63. The van der Waals surface area contributed by atoms with E-state index in [1.165, 1.54) is 16.8 Å². The lowest BCUT2D eigenvalue weighted by Gasteiger charge is -2.39. The van der Waals surface area contributed by atoms with Crippen LogP contribution in [0.25, 0.3) is 11.3 Å². The van der Waals surface area contributed by atoms with Gasteiger partial charge in [-0.2, -0.15) is 27.1 Å². The molecule has 1 heterocycles. The number of carbonyl (C=O) groups is 1. The molecule has 3 rings (SSSR count). The van der Waals surface area contributed by atoms with Crippen molar-refractivity contribution < 1.29 is 50.1 Å². The highest BCUT2D eigenvalue weighted by molar-refractivity contribution is 7.91. The Hall–Kier alpha value is -2.49. The normalized spacial score (nSPS) is 21.9. The van der Waals surface area contributed by atoms with Crippen LogP contribution in [0.5, 0.6) is 5.75 Å². The molecule has 1 aromatic heterocycles. The number of carbonyl (C=O) groups excluding carboxylic acids is 1. The zero-order chi connectivity index (χ0) is 31.8. The van der Waals surface area contributed by atoms with Crippen LogP contribution >= 0.6 is 11.6 Å². The molecule has 1 aliphatic rings. The smallest absolute Gasteiger partial charge is 0.394 e. The number of hydrogen-bond donors (Lipinski definition) is 3. The number of sulfone groups is 1. The van der Waals surface area contributed by atoms with E-state index in [2.05, 4.69) is 15.2 Å². The maximum atomic E-state index is 13.4. The highest BCUT2D eigenvalue weighted by atomic mass is 35.5. The molecule has 1 fully saturated rings. The van der Waals surface area contributed by atoms with E-state index < -0.39 is 69.6 Å². The lowest BCUT2D eigenvalue weighted by molar-refractivity contribution is -0.211. The number of alkyl halides is 5. The van der Waals surface area contributed by atoms with Crippen molar-refractivity contribution >= 4 is 27.3 Å². The quantitative estimate of drug-likeness (QED) is 0.327. The zero-order valence-electron chi connectivity index (χ0n) is 23.3. The van der Waals surface area contributed by atoms with Crippen LogP contribution in [-0.2, 0) is 22.8 Å². The summed E-state index contributed by atoms with van der Waals surface area (Å²) in [5, 5.41) is 26.8. The Morgan fingerprint density at radius 1 is 1.31 bits per heavy atom. The predicted molar refractivity (Wildman–Crippen MR) is 144 cm³/mol. The molecule has 0 radical (unpaired) electrons. The van der Waals surface area contributed by atoms with Gasteiger partial charge in [0.15, 0.2) is 5.69 Å². The first-order valence-electron chi connectivity index (χ1n) is 13.0. The minimum Gasteiger partial charge on any atom is -0.434 e. The van der Waals surface area contributed by atoms with Crippen LogP contribution in [-0.4, -0.2) is 76.9 Å². The van der Waals surface area contributed by atoms with Gasteiger partial charge >= 0.3 is 12.8 Å². The molecule has 3 N–H and O–H groups in total. The highest BCUT2D eigenvalue weighted by Crippen LogP contribution is 2.43. The third-order valence-corrected chi connectivity index (χ3v) is 9.50. The minimum atomic E-state index is -4.56.